The Morgan fingerprint density at radius 1 is 1.19 bits per heavy atom. The van der Waals surface area contributed by atoms with Crippen molar-refractivity contribution >= 4 is 0 Å². The van der Waals surface area contributed by atoms with Crippen LogP contribution in [0.4, 0.5) is 0 Å². The monoisotopic (exact) mass is 220 g/mol. The minimum Gasteiger partial charge on any atom is -0.379 e. The molecule has 2 N–H and O–H groups in total. The number of aliphatic hydroxyl groups is 1. The van der Waals surface area contributed by atoms with E-state index in [4.69, 9.17) is 0 Å². The van der Waals surface area contributed by atoms with E-state index in [2.05, 4.69) is 11.4 Å². The van der Waals surface area contributed by atoms with E-state index >= 15 is 0 Å². The number of hydrogen-bond donors (Lipinski definition) is 2. The Labute approximate surface area is 96.8 Å². The lowest BCUT2D eigenvalue weighted by molar-refractivity contribution is -0.0659. The molecule has 4 aliphatic rings. The van der Waals surface area contributed by atoms with Crippen LogP contribution in [0.5, 0.6) is 0 Å². The number of nitrogens with zero attached hydrogens (tertiary/aromatic N) is 1. The molecule has 0 aliphatic heterocycles. The van der Waals surface area contributed by atoms with Gasteiger partial charge in [-0.25, -0.2) is 0 Å². The van der Waals surface area contributed by atoms with Crippen LogP contribution < -0.4 is 5.32 Å². The Kier molecular flexibility index (Phi) is 2.28. The van der Waals surface area contributed by atoms with E-state index in [-0.39, 0.29) is 0 Å². The molecule has 4 saturated carbocycles. The minimum atomic E-state index is -0.572. The summed E-state index contributed by atoms with van der Waals surface area (Å²) in [4.78, 5) is 0. The van der Waals surface area contributed by atoms with E-state index in [9.17, 15) is 10.4 Å². The molecule has 0 aromatic carbocycles. The lowest BCUT2D eigenvalue weighted by Gasteiger charge is -2.58. The maximum atomic E-state index is 9.57. The highest BCUT2D eigenvalue weighted by atomic mass is 16.3. The Hall–Kier alpha value is -0.590. The van der Waals surface area contributed by atoms with Gasteiger partial charge in [0, 0.05) is 0 Å². The van der Waals surface area contributed by atoms with E-state index in [1.54, 1.807) is 6.92 Å². The van der Waals surface area contributed by atoms with Gasteiger partial charge < -0.3 is 5.11 Å². The first kappa shape index (κ1) is 10.6. The molecular weight excluding hydrogens is 200 g/mol. The van der Waals surface area contributed by atoms with Crippen molar-refractivity contribution in [3.8, 4) is 6.07 Å². The molecule has 3 heteroatoms. The standard InChI is InChI=1S/C13H20N2O/c1-8(16)15-13(7-14)11-3-9-2-10(5-11)6-12(13)4-9/h8-12,15-16H,2-6H2,1H3. The average molecular weight is 220 g/mol. The summed E-state index contributed by atoms with van der Waals surface area (Å²) in [5, 5.41) is 22.3. The Bertz CT molecular complexity index is 303. The molecule has 3 nitrogen and oxygen atoms in total. The lowest BCUT2D eigenvalue weighted by Crippen LogP contribution is -2.65. The summed E-state index contributed by atoms with van der Waals surface area (Å²) in [5.41, 5.74) is -0.429. The molecule has 1 atom stereocenters. The third-order valence-corrected chi connectivity index (χ3v) is 5.06. The van der Waals surface area contributed by atoms with Gasteiger partial charge >= 0.3 is 0 Å². The summed E-state index contributed by atoms with van der Waals surface area (Å²) in [6.45, 7) is 1.73. The molecule has 4 fully saturated rings. The normalized spacial score (nSPS) is 51.3. The zero-order chi connectivity index (χ0) is 11.3. The van der Waals surface area contributed by atoms with Crippen molar-refractivity contribution in [1.29, 1.82) is 5.26 Å². The molecule has 0 saturated heterocycles. The molecule has 16 heavy (non-hydrogen) atoms. The lowest BCUT2D eigenvalue weighted by atomic mass is 9.49. The first-order chi connectivity index (χ1) is 7.64. The number of nitrogens with one attached hydrogen (secondary N) is 1. The van der Waals surface area contributed by atoms with Gasteiger partial charge in [-0.05, 0) is 62.7 Å². The number of hydrogen-bond acceptors (Lipinski definition) is 3. The molecule has 0 heterocycles. The third kappa shape index (κ3) is 1.33. The highest BCUT2D eigenvalue weighted by Gasteiger charge is 2.57. The Morgan fingerprint density at radius 2 is 1.69 bits per heavy atom. The zero-order valence-corrected chi connectivity index (χ0v) is 9.82. The van der Waals surface area contributed by atoms with Crippen LogP contribution in [0.1, 0.15) is 39.0 Å². The number of rotatable bonds is 2. The molecule has 0 aromatic heterocycles. The van der Waals surface area contributed by atoms with Gasteiger partial charge in [-0.3, -0.25) is 5.32 Å². The maximum Gasteiger partial charge on any atom is 0.114 e. The average Bonchev–Trinajstić information content (AvgIpc) is 2.22. The Morgan fingerprint density at radius 3 is 2.06 bits per heavy atom. The molecule has 88 valence electrons. The molecule has 4 aliphatic carbocycles. The van der Waals surface area contributed by atoms with Gasteiger partial charge in [-0.1, -0.05) is 0 Å². The van der Waals surface area contributed by atoms with E-state index in [1.807, 2.05) is 0 Å². The zero-order valence-electron chi connectivity index (χ0n) is 9.82. The van der Waals surface area contributed by atoms with Gasteiger partial charge in [-0.2, -0.15) is 5.26 Å². The fourth-order valence-corrected chi connectivity index (χ4v) is 4.72. The maximum absolute atomic E-state index is 9.57. The van der Waals surface area contributed by atoms with Crippen molar-refractivity contribution in [1.82, 2.24) is 5.32 Å². The number of aliphatic hydroxyl groups excluding tert-OH is 1. The van der Waals surface area contributed by atoms with Crippen LogP contribution in [0.25, 0.3) is 0 Å². The second-order valence-corrected chi connectivity index (χ2v) is 6.11. The second-order valence-electron chi connectivity index (χ2n) is 6.11. The summed E-state index contributed by atoms with van der Waals surface area (Å²) in [7, 11) is 0. The summed E-state index contributed by atoms with van der Waals surface area (Å²) in [6.07, 6.45) is 5.60. The van der Waals surface area contributed by atoms with Gasteiger partial charge in [0.05, 0.1) is 6.07 Å². The molecule has 1 unspecified atom stereocenters. The SMILES string of the molecule is CC(O)NC1(C#N)C2CC3CC(C2)CC1C3. The van der Waals surface area contributed by atoms with Crippen molar-refractivity contribution in [2.24, 2.45) is 23.7 Å². The van der Waals surface area contributed by atoms with Gasteiger partial charge in [0.2, 0.25) is 0 Å². The van der Waals surface area contributed by atoms with E-state index in [1.165, 1.54) is 32.1 Å². The van der Waals surface area contributed by atoms with E-state index in [0.29, 0.717) is 11.8 Å². The quantitative estimate of drug-likeness (QED) is 0.695. The topological polar surface area (TPSA) is 56.0 Å². The molecule has 0 radical (unpaired) electrons. The third-order valence-electron chi connectivity index (χ3n) is 5.06. The summed E-state index contributed by atoms with van der Waals surface area (Å²) >= 11 is 0. The van der Waals surface area contributed by atoms with Gasteiger partial charge in [-0.15, -0.1) is 0 Å². The molecule has 0 aromatic rings. The van der Waals surface area contributed by atoms with Crippen molar-refractivity contribution in [3.63, 3.8) is 0 Å². The summed E-state index contributed by atoms with van der Waals surface area (Å²) < 4.78 is 0. The van der Waals surface area contributed by atoms with Crippen LogP contribution in [0, 0.1) is 35.0 Å². The van der Waals surface area contributed by atoms with Gasteiger partial charge in [0.1, 0.15) is 11.8 Å². The molecule has 4 rings (SSSR count). The highest BCUT2D eigenvalue weighted by molar-refractivity contribution is 5.21. The fourth-order valence-electron chi connectivity index (χ4n) is 4.72. The first-order valence-corrected chi connectivity index (χ1v) is 6.51. The summed E-state index contributed by atoms with van der Waals surface area (Å²) in [6, 6.07) is 2.52. The van der Waals surface area contributed by atoms with Gasteiger partial charge in [0.15, 0.2) is 0 Å². The highest BCUT2D eigenvalue weighted by Crippen LogP contribution is 2.58. The van der Waals surface area contributed by atoms with Crippen molar-refractivity contribution in [3.05, 3.63) is 0 Å². The minimum absolute atomic E-state index is 0.429. The largest absolute Gasteiger partial charge is 0.379 e. The van der Waals surface area contributed by atoms with E-state index < -0.39 is 11.8 Å². The predicted molar refractivity (Wildman–Crippen MR) is 60.2 cm³/mol. The molecule has 0 amide bonds. The molecular formula is C13H20N2O. The first-order valence-electron chi connectivity index (χ1n) is 6.51. The van der Waals surface area contributed by atoms with Crippen LogP contribution in [0.15, 0.2) is 0 Å². The van der Waals surface area contributed by atoms with Crippen molar-refractivity contribution in [2.45, 2.75) is 50.8 Å². The fraction of sp³-hybridized carbons (Fsp3) is 0.923. The van der Waals surface area contributed by atoms with E-state index in [0.717, 1.165) is 11.8 Å². The van der Waals surface area contributed by atoms with Crippen LogP contribution in [0.3, 0.4) is 0 Å². The van der Waals surface area contributed by atoms with Crippen molar-refractivity contribution < 1.29 is 5.11 Å². The van der Waals surface area contributed by atoms with Crippen LogP contribution in [0.2, 0.25) is 0 Å². The molecule has 4 bridgehead atoms. The second kappa shape index (κ2) is 3.45. The predicted octanol–water partition coefficient (Wildman–Crippen LogP) is 1.63. The Balaban J connectivity index is 1.92. The molecule has 0 spiro atoms. The number of nitriles is 1. The van der Waals surface area contributed by atoms with Crippen LogP contribution in [-0.2, 0) is 0 Å². The van der Waals surface area contributed by atoms with Gasteiger partial charge in [0.25, 0.3) is 0 Å². The summed E-state index contributed by atoms with van der Waals surface area (Å²) in [5.74, 6) is 2.67. The van der Waals surface area contributed by atoms with Crippen LogP contribution in [-0.4, -0.2) is 16.9 Å². The smallest absolute Gasteiger partial charge is 0.114 e. The van der Waals surface area contributed by atoms with Crippen molar-refractivity contribution in [2.75, 3.05) is 0 Å². The van der Waals surface area contributed by atoms with Crippen LogP contribution >= 0.6 is 0 Å².